The molecule has 1 unspecified atom stereocenters. The number of aromatic nitrogens is 1. The molecule has 0 saturated heterocycles. The molecule has 1 aromatic rings. The molecule has 0 saturated carbocycles. The Labute approximate surface area is 137 Å². The first-order valence-corrected chi connectivity index (χ1v) is 8.54. The van der Waals surface area contributed by atoms with Crippen molar-refractivity contribution in [2.24, 2.45) is 10.7 Å². The number of esters is 1. The number of ether oxygens (including phenoxy) is 1. The second-order valence-corrected chi connectivity index (χ2v) is 6.88. The van der Waals surface area contributed by atoms with E-state index >= 15 is 0 Å². The highest BCUT2D eigenvalue weighted by atomic mass is 32.2. The molecule has 6 nitrogen and oxygen atoms in total. The molecule has 118 valence electrons. The first-order chi connectivity index (χ1) is 10.4. The lowest BCUT2D eigenvalue weighted by Gasteiger charge is -2.01. The van der Waals surface area contributed by atoms with Crippen LogP contribution in [0.4, 0.5) is 0 Å². The highest BCUT2D eigenvalue weighted by Gasteiger charge is 2.30. The molecule has 1 aromatic heterocycles. The van der Waals surface area contributed by atoms with Crippen LogP contribution in [0.2, 0.25) is 0 Å². The summed E-state index contributed by atoms with van der Waals surface area (Å²) in [5.41, 5.74) is 8.40. The summed E-state index contributed by atoms with van der Waals surface area (Å²) in [6.45, 7) is 6.16. The van der Waals surface area contributed by atoms with Crippen molar-refractivity contribution in [1.29, 1.82) is 0 Å². The number of aliphatic imine (C=N–C) groups is 1. The Morgan fingerprint density at radius 2 is 2.23 bits per heavy atom. The molecule has 2 heterocycles. The van der Waals surface area contributed by atoms with Crippen LogP contribution in [0.3, 0.4) is 0 Å². The zero-order valence-electron chi connectivity index (χ0n) is 12.7. The molecule has 2 rings (SSSR count). The van der Waals surface area contributed by atoms with Gasteiger partial charge in [0.05, 0.1) is 11.5 Å². The van der Waals surface area contributed by atoms with Gasteiger partial charge in [0, 0.05) is 17.9 Å². The van der Waals surface area contributed by atoms with E-state index in [4.69, 9.17) is 10.5 Å². The summed E-state index contributed by atoms with van der Waals surface area (Å²) in [7, 11) is 0. The minimum atomic E-state index is -0.560. The normalized spacial score (nSPS) is 19.4. The zero-order chi connectivity index (χ0) is 16.3. The quantitative estimate of drug-likeness (QED) is 0.493. The third kappa shape index (κ3) is 3.82. The van der Waals surface area contributed by atoms with Crippen LogP contribution in [0.25, 0.3) is 0 Å². The van der Waals surface area contributed by atoms with E-state index in [-0.39, 0.29) is 24.6 Å². The first kappa shape index (κ1) is 16.9. The maximum atomic E-state index is 12.5. The fourth-order valence-electron chi connectivity index (χ4n) is 1.90. The molecule has 1 atom stereocenters. The second kappa shape index (κ2) is 7.17. The van der Waals surface area contributed by atoms with Gasteiger partial charge in [0.2, 0.25) is 17.8 Å². The average molecular weight is 340 g/mol. The SMILES string of the molecule is CCOC(=O)C=C1SC(N)N=C1C(=O)C[n+]1csc(C)c1C. The molecule has 1 aliphatic rings. The molecule has 0 bridgehead atoms. The van der Waals surface area contributed by atoms with Crippen LogP contribution in [0.1, 0.15) is 17.5 Å². The van der Waals surface area contributed by atoms with E-state index in [9.17, 15) is 9.59 Å². The minimum absolute atomic E-state index is 0.165. The number of carbonyl (C=O) groups excluding carboxylic acids is 2. The molecule has 0 radical (unpaired) electrons. The maximum Gasteiger partial charge on any atom is 0.331 e. The van der Waals surface area contributed by atoms with Crippen molar-refractivity contribution < 1.29 is 18.9 Å². The summed E-state index contributed by atoms with van der Waals surface area (Å²) in [4.78, 5) is 29.8. The van der Waals surface area contributed by atoms with Crippen molar-refractivity contribution in [3.8, 4) is 0 Å². The van der Waals surface area contributed by atoms with Crippen molar-refractivity contribution in [2.45, 2.75) is 32.8 Å². The van der Waals surface area contributed by atoms with Crippen molar-refractivity contribution in [3.63, 3.8) is 0 Å². The number of rotatable bonds is 5. The number of carbonyl (C=O) groups is 2. The predicted molar refractivity (Wildman–Crippen MR) is 86.7 cm³/mol. The monoisotopic (exact) mass is 340 g/mol. The lowest BCUT2D eigenvalue weighted by molar-refractivity contribution is -0.685. The summed E-state index contributed by atoms with van der Waals surface area (Å²) in [5, 5.41) is 0. The van der Waals surface area contributed by atoms with Gasteiger partial charge in [-0.25, -0.2) is 4.79 Å². The van der Waals surface area contributed by atoms with E-state index in [1.54, 1.807) is 18.3 Å². The van der Waals surface area contributed by atoms with E-state index in [0.717, 1.165) is 10.6 Å². The van der Waals surface area contributed by atoms with Crippen molar-refractivity contribution in [2.75, 3.05) is 6.61 Å². The van der Waals surface area contributed by atoms with Crippen molar-refractivity contribution in [3.05, 3.63) is 27.1 Å². The number of nitrogens with zero attached hydrogens (tertiary/aromatic N) is 2. The fourth-order valence-corrected chi connectivity index (χ4v) is 3.57. The Morgan fingerprint density at radius 3 is 2.82 bits per heavy atom. The summed E-state index contributed by atoms with van der Waals surface area (Å²) in [5.74, 6) is -0.656. The molecule has 0 aliphatic carbocycles. The number of thioether (sulfide) groups is 1. The number of thiazole rings is 1. The standard InChI is InChI=1S/C14H18N3O3S2/c1-4-20-12(19)5-11-13(16-14(15)22-11)10(18)6-17-7-21-9(3)8(17)2/h5,7,14H,4,6,15H2,1-3H3/q+1. The minimum Gasteiger partial charge on any atom is -0.463 e. The van der Waals surface area contributed by atoms with Gasteiger partial charge in [-0.1, -0.05) is 23.1 Å². The van der Waals surface area contributed by atoms with Crippen molar-refractivity contribution in [1.82, 2.24) is 0 Å². The Kier molecular flexibility index (Phi) is 5.49. The largest absolute Gasteiger partial charge is 0.463 e. The van der Waals surface area contributed by atoms with Gasteiger partial charge in [0.1, 0.15) is 11.2 Å². The number of hydrogen-bond donors (Lipinski definition) is 1. The van der Waals surface area contributed by atoms with Gasteiger partial charge < -0.3 is 10.5 Å². The highest BCUT2D eigenvalue weighted by Crippen LogP contribution is 2.29. The van der Waals surface area contributed by atoms with E-state index in [1.807, 2.05) is 23.9 Å². The fraction of sp³-hybridized carbons (Fsp3) is 0.429. The molecule has 2 N–H and O–H groups in total. The molecule has 8 heteroatoms. The molecular formula is C14H18N3O3S2+. The lowest BCUT2D eigenvalue weighted by Crippen LogP contribution is -2.41. The van der Waals surface area contributed by atoms with E-state index in [0.29, 0.717) is 4.91 Å². The summed E-state index contributed by atoms with van der Waals surface area (Å²) < 4.78 is 6.74. The van der Waals surface area contributed by atoms with E-state index in [1.165, 1.54) is 17.8 Å². The van der Waals surface area contributed by atoms with Crippen molar-refractivity contribution >= 4 is 40.6 Å². The van der Waals surface area contributed by atoms with Crippen LogP contribution in [0.5, 0.6) is 0 Å². The Morgan fingerprint density at radius 1 is 1.50 bits per heavy atom. The predicted octanol–water partition coefficient (Wildman–Crippen LogP) is 1.10. The maximum absolute atomic E-state index is 12.5. The van der Waals surface area contributed by atoms with Gasteiger partial charge in [-0.2, -0.15) is 4.57 Å². The van der Waals surface area contributed by atoms with Gasteiger partial charge in [-0.05, 0) is 13.8 Å². The third-order valence-corrected chi connectivity index (χ3v) is 5.07. The smallest absolute Gasteiger partial charge is 0.331 e. The van der Waals surface area contributed by atoms with E-state index < -0.39 is 11.5 Å². The Balaban J connectivity index is 2.17. The zero-order valence-corrected chi connectivity index (χ0v) is 14.3. The van der Waals surface area contributed by atoms with Gasteiger partial charge in [0.25, 0.3) is 0 Å². The molecule has 22 heavy (non-hydrogen) atoms. The van der Waals surface area contributed by atoms with Gasteiger partial charge in [-0.15, -0.1) is 0 Å². The summed E-state index contributed by atoms with van der Waals surface area (Å²) in [6.07, 6.45) is 1.29. The average Bonchev–Trinajstić information content (AvgIpc) is 2.96. The second-order valence-electron chi connectivity index (χ2n) is 4.66. The summed E-state index contributed by atoms with van der Waals surface area (Å²) in [6, 6.07) is 0. The Bertz CT molecular complexity index is 664. The van der Waals surface area contributed by atoms with Crippen LogP contribution in [-0.4, -0.2) is 29.6 Å². The molecule has 0 spiro atoms. The topological polar surface area (TPSA) is 85.6 Å². The van der Waals surface area contributed by atoms with Crippen LogP contribution >= 0.6 is 23.1 Å². The highest BCUT2D eigenvalue weighted by molar-refractivity contribution is 8.05. The van der Waals surface area contributed by atoms with Gasteiger partial charge in [0.15, 0.2) is 5.69 Å². The van der Waals surface area contributed by atoms with Crippen LogP contribution in [-0.2, 0) is 20.9 Å². The third-order valence-electron chi connectivity index (χ3n) is 3.15. The number of allylic oxidation sites excluding steroid dienone is 1. The van der Waals surface area contributed by atoms with Crippen LogP contribution in [0.15, 0.2) is 21.5 Å². The molecular weight excluding hydrogens is 322 g/mol. The molecule has 0 aromatic carbocycles. The van der Waals surface area contributed by atoms with E-state index in [2.05, 4.69) is 4.99 Å². The molecule has 0 amide bonds. The van der Waals surface area contributed by atoms with Gasteiger partial charge in [-0.3, -0.25) is 9.79 Å². The lowest BCUT2D eigenvalue weighted by atomic mass is 10.2. The number of Topliss-reactive ketones (excluding diaryl/α,β-unsaturated/α-hetero) is 1. The van der Waals surface area contributed by atoms with Crippen LogP contribution < -0.4 is 10.3 Å². The Hall–Kier alpha value is -1.51. The number of nitrogens with two attached hydrogens (primary N) is 1. The molecule has 0 fully saturated rings. The van der Waals surface area contributed by atoms with Gasteiger partial charge >= 0.3 is 5.97 Å². The number of ketones is 1. The molecule has 1 aliphatic heterocycles. The first-order valence-electron chi connectivity index (χ1n) is 6.78. The van der Waals surface area contributed by atoms with Crippen LogP contribution in [0, 0.1) is 13.8 Å². The number of aryl methyl sites for hydroxylation is 1. The number of hydrogen-bond acceptors (Lipinski definition) is 7. The summed E-state index contributed by atoms with van der Waals surface area (Å²) >= 11 is 2.77.